The van der Waals surface area contributed by atoms with Crippen molar-refractivity contribution in [1.82, 2.24) is 25.7 Å². The molecular weight excluding hydrogens is 362 g/mol. The third kappa shape index (κ3) is 3.85. The van der Waals surface area contributed by atoms with Crippen LogP contribution in [0.2, 0.25) is 0 Å². The minimum absolute atomic E-state index is 0.00388. The zero-order valence-corrected chi connectivity index (χ0v) is 15.8. The molecule has 28 heavy (non-hydrogen) atoms. The normalized spacial score (nSPS) is 21.4. The number of aromatic nitrogens is 2. The number of nitrogens with zero attached hydrogens (tertiary/aromatic N) is 3. The maximum atomic E-state index is 12.8. The summed E-state index contributed by atoms with van der Waals surface area (Å²) in [7, 11) is 1.78. The summed E-state index contributed by atoms with van der Waals surface area (Å²) < 4.78 is 16.5. The Hall–Kier alpha value is -2.91. The quantitative estimate of drug-likeness (QED) is 0.761. The standard InChI is InChI=1S/C19H23N5O4/c1-12(15-5-6-20-10-21-15)24(2)19(25)16-7-13(22-23-16)9-26-14-3-4-17-18(8-14)28-11-27-17/h3-6,8,10,12-13,16,22-23H,7,9,11H2,1-2H3. The van der Waals surface area contributed by atoms with E-state index >= 15 is 0 Å². The van der Waals surface area contributed by atoms with Crippen molar-refractivity contribution in [3.8, 4) is 17.2 Å². The zero-order chi connectivity index (χ0) is 19.5. The van der Waals surface area contributed by atoms with Gasteiger partial charge >= 0.3 is 0 Å². The molecule has 0 aliphatic carbocycles. The zero-order valence-electron chi connectivity index (χ0n) is 15.8. The molecule has 0 spiro atoms. The van der Waals surface area contributed by atoms with Crippen molar-refractivity contribution < 1.29 is 19.0 Å². The van der Waals surface area contributed by atoms with E-state index in [0.29, 0.717) is 24.5 Å². The number of ether oxygens (including phenoxy) is 3. The Morgan fingerprint density at radius 1 is 1.32 bits per heavy atom. The van der Waals surface area contributed by atoms with Crippen molar-refractivity contribution in [3.05, 3.63) is 42.5 Å². The molecular formula is C19H23N5O4. The van der Waals surface area contributed by atoms with E-state index in [1.54, 1.807) is 18.1 Å². The summed E-state index contributed by atoms with van der Waals surface area (Å²) in [5, 5.41) is 0. The Morgan fingerprint density at radius 3 is 3.00 bits per heavy atom. The number of likely N-dealkylation sites (N-methyl/N-ethyl adjacent to an activating group) is 1. The molecule has 4 rings (SSSR count). The Kier molecular flexibility index (Phi) is 5.27. The van der Waals surface area contributed by atoms with Gasteiger partial charge in [0.2, 0.25) is 12.7 Å². The predicted molar refractivity (Wildman–Crippen MR) is 99.7 cm³/mol. The number of carbonyl (C=O) groups excluding carboxylic acids is 1. The molecule has 3 unspecified atom stereocenters. The van der Waals surface area contributed by atoms with E-state index in [1.165, 1.54) is 6.33 Å². The van der Waals surface area contributed by atoms with Gasteiger partial charge in [-0.1, -0.05) is 0 Å². The van der Waals surface area contributed by atoms with Crippen molar-refractivity contribution in [1.29, 1.82) is 0 Å². The third-order valence-corrected chi connectivity index (χ3v) is 5.04. The van der Waals surface area contributed by atoms with Gasteiger partial charge in [0.05, 0.1) is 17.8 Å². The molecule has 1 fully saturated rings. The average Bonchev–Trinajstić information content (AvgIpc) is 3.40. The van der Waals surface area contributed by atoms with Crippen LogP contribution in [0.1, 0.15) is 25.1 Å². The number of fused-ring (bicyclic) bond motifs is 1. The summed E-state index contributed by atoms with van der Waals surface area (Å²) >= 11 is 0. The number of hydrogen-bond acceptors (Lipinski definition) is 8. The second-order valence-electron chi connectivity index (χ2n) is 6.86. The van der Waals surface area contributed by atoms with Gasteiger partial charge in [0.1, 0.15) is 24.7 Å². The van der Waals surface area contributed by atoms with Crippen LogP contribution in [0.5, 0.6) is 17.2 Å². The first kappa shape index (κ1) is 18.5. The number of hydrazine groups is 1. The van der Waals surface area contributed by atoms with Crippen molar-refractivity contribution in [2.45, 2.75) is 31.5 Å². The highest BCUT2D eigenvalue weighted by atomic mass is 16.7. The van der Waals surface area contributed by atoms with Gasteiger partial charge in [0.25, 0.3) is 0 Å². The highest BCUT2D eigenvalue weighted by molar-refractivity contribution is 5.82. The number of hydrogen-bond donors (Lipinski definition) is 2. The van der Waals surface area contributed by atoms with Crippen molar-refractivity contribution >= 4 is 5.91 Å². The first-order valence-electron chi connectivity index (χ1n) is 9.18. The van der Waals surface area contributed by atoms with Crippen LogP contribution < -0.4 is 25.1 Å². The minimum atomic E-state index is -0.320. The predicted octanol–water partition coefficient (Wildman–Crippen LogP) is 1.04. The molecule has 2 aliphatic heterocycles. The first-order valence-corrected chi connectivity index (χ1v) is 9.18. The molecule has 148 valence electrons. The number of amides is 1. The Balaban J connectivity index is 1.29. The lowest BCUT2D eigenvalue weighted by Crippen LogP contribution is -2.45. The molecule has 9 nitrogen and oxygen atoms in total. The molecule has 0 radical (unpaired) electrons. The van der Waals surface area contributed by atoms with E-state index in [1.807, 2.05) is 31.2 Å². The van der Waals surface area contributed by atoms with Crippen molar-refractivity contribution in [2.24, 2.45) is 0 Å². The topological polar surface area (TPSA) is 97.8 Å². The van der Waals surface area contributed by atoms with E-state index < -0.39 is 0 Å². The summed E-state index contributed by atoms with van der Waals surface area (Å²) in [6.07, 6.45) is 3.79. The van der Waals surface area contributed by atoms with E-state index in [-0.39, 0.29) is 30.8 Å². The highest BCUT2D eigenvalue weighted by Crippen LogP contribution is 2.35. The van der Waals surface area contributed by atoms with Crippen LogP contribution in [-0.4, -0.2) is 53.3 Å². The molecule has 1 aromatic heterocycles. The van der Waals surface area contributed by atoms with Gasteiger partial charge in [-0.3, -0.25) is 10.2 Å². The number of nitrogens with one attached hydrogen (secondary N) is 2. The van der Waals surface area contributed by atoms with E-state index in [2.05, 4.69) is 20.8 Å². The fourth-order valence-corrected chi connectivity index (χ4v) is 3.24. The van der Waals surface area contributed by atoms with Gasteiger partial charge in [0, 0.05) is 19.3 Å². The number of carbonyl (C=O) groups is 1. The van der Waals surface area contributed by atoms with Crippen LogP contribution in [0.4, 0.5) is 0 Å². The van der Waals surface area contributed by atoms with Gasteiger partial charge in [-0.25, -0.2) is 15.4 Å². The summed E-state index contributed by atoms with van der Waals surface area (Å²) in [4.78, 5) is 22.7. The lowest BCUT2D eigenvalue weighted by atomic mass is 10.1. The SMILES string of the molecule is CC(c1ccncn1)N(C)C(=O)C1CC(COc2ccc3c(c2)OCO3)NN1. The van der Waals surface area contributed by atoms with Gasteiger partial charge < -0.3 is 19.1 Å². The van der Waals surface area contributed by atoms with E-state index in [9.17, 15) is 4.79 Å². The molecule has 2 N–H and O–H groups in total. The van der Waals surface area contributed by atoms with Crippen LogP contribution >= 0.6 is 0 Å². The molecule has 2 aromatic rings. The summed E-state index contributed by atoms with van der Waals surface area (Å²) in [5.74, 6) is 2.11. The molecule has 3 atom stereocenters. The van der Waals surface area contributed by atoms with Gasteiger partial charge in [-0.15, -0.1) is 0 Å². The van der Waals surface area contributed by atoms with Crippen molar-refractivity contribution in [3.63, 3.8) is 0 Å². The number of rotatable bonds is 6. The largest absolute Gasteiger partial charge is 0.492 e. The molecule has 1 amide bonds. The summed E-state index contributed by atoms with van der Waals surface area (Å²) in [6.45, 7) is 2.61. The van der Waals surface area contributed by atoms with Crippen LogP contribution in [-0.2, 0) is 4.79 Å². The van der Waals surface area contributed by atoms with E-state index in [4.69, 9.17) is 14.2 Å². The smallest absolute Gasteiger partial charge is 0.241 e. The molecule has 2 aliphatic rings. The van der Waals surface area contributed by atoms with Crippen LogP contribution in [0.3, 0.4) is 0 Å². The molecule has 0 bridgehead atoms. The van der Waals surface area contributed by atoms with E-state index in [0.717, 1.165) is 11.4 Å². The molecule has 9 heteroatoms. The fourth-order valence-electron chi connectivity index (χ4n) is 3.24. The second-order valence-corrected chi connectivity index (χ2v) is 6.86. The Bertz CT molecular complexity index is 834. The highest BCUT2D eigenvalue weighted by Gasteiger charge is 2.33. The van der Waals surface area contributed by atoms with Crippen LogP contribution in [0, 0.1) is 0 Å². The lowest BCUT2D eigenvalue weighted by molar-refractivity contribution is -0.133. The second kappa shape index (κ2) is 7.99. The van der Waals surface area contributed by atoms with Crippen LogP contribution in [0.15, 0.2) is 36.8 Å². The fraction of sp³-hybridized carbons (Fsp3) is 0.421. The molecule has 3 heterocycles. The lowest BCUT2D eigenvalue weighted by Gasteiger charge is -2.26. The Labute approximate surface area is 163 Å². The van der Waals surface area contributed by atoms with Crippen LogP contribution in [0.25, 0.3) is 0 Å². The average molecular weight is 385 g/mol. The molecule has 1 saturated heterocycles. The van der Waals surface area contributed by atoms with Gasteiger partial charge in [0.15, 0.2) is 11.5 Å². The first-order chi connectivity index (χ1) is 13.6. The van der Waals surface area contributed by atoms with Gasteiger partial charge in [-0.05, 0) is 31.5 Å². The minimum Gasteiger partial charge on any atom is -0.492 e. The maximum absolute atomic E-state index is 12.8. The molecule has 1 aromatic carbocycles. The summed E-state index contributed by atoms with van der Waals surface area (Å²) in [6, 6.07) is 6.85. The third-order valence-electron chi connectivity index (χ3n) is 5.04. The molecule has 0 saturated carbocycles. The van der Waals surface area contributed by atoms with Gasteiger partial charge in [-0.2, -0.15) is 0 Å². The summed E-state index contributed by atoms with van der Waals surface area (Å²) in [5.41, 5.74) is 7.02. The number of benzene rings is 1. The van der Waals surface area contributed by atoms with Crippen molar-refractivity contribution in [2.75, 3.05) is 20.4 Å². The monoisotopic (exact) mass is 385 g/mol. The Morgan fingerprint density at radius 2 is 2.18 bits per heavy atom. The maximum Gasteiger partial charge on any atom is 0.241 e.